The van der Waals surface area contributed by atoms with Gasteiger partial charge in [0.15, 0.2) is 0 Å². The van der Waals surface area contributed by atoms with Gasteiger partial charge in [0.25, 0.3) is 0 Å². The van der Waals surface area contributed by atoms with E-state index in [2.05, 4.69) is 0 Å². The number of aliphatic hydroxyl groups excluding tert-OH is 1. The van der Waals surface area contributed by atoms with Crippen molar-refractivity contribution in [3.05, 3.63) is 0 Å². The summed E-state index contributed by atoms with van der Waals surface area (Å²) in [7, 11) is 0. The van der Waals surface area contributed by atoms with Crippen molar-refractivity contribution < 1.29 is 14.6 Å². The summed E-state index contributed by atoms with van der Waals surface area (Å²) in [6, 6.07) is 0.0380. The first kappa shape index (κ1) is 15.3. The van der Waals surface area contributed by atoms with Crippen LogP contribution in [0.25, 0.3) is 0 Å². The van der Waals surface area contributed by atoms with Gasteiger partial charge in [0, 0.05) is 6.04 Å². The predicted molar refractivity (Wildman–Crippen MR) is 71.4 cm³/mol. The van der Waals surface area contributed by atoms with E-state index in [1.165, 1.54) is 0 Å². The van der Waals surface area contributed by atoms with E-state index in [4.69, 9.17) is 4.74 Å². The molecule has 4 heteroatoms. The van der Waals surface area contributed by atoms with E-state index in [0.717, 1.165) is 12.8 Å². The highest BCUT2D eigenvalue weighted by Gasteiger charge is 2.43. The number of aliphatic hydroxyl groups is 1. The second-order valence-corrected chi connectivity index (χ2v) is 7.18. The fraction of sp³-hybridized carbons (Fsp3) is 0.929. The first-order valence-corrected chi connectivity index (χ1v) is 6.68. The Bertz CT molecular complexity index is 297. The van der Waals surface area contributed by atoms with Gasteiger partial charge in [-0.2, -0.15) is 0 Å². The van der Waals surface area contributed by atoms with Crippen LogP contribution >= 0.6 is 0 Å². The molecular weight excluding hydrogens is 230 g/mol. The normalized spacial score (nSPS) is 18.4. The minimum atomic E-state index is -0.498. The lowest BCUT2D eigenvalue weighted by Gasteiger charge is -2.39. The molecular formula is C14H27NO3. The number of ether oxygens (including phenoxy) is 1. The van der Waals surface area contributed by atoms with E-state index in [1.54, 1.807) is 4.90 Å². The van der Waals surface area contributed by atoms with Gasteiger partial charge in [0.2, 0.25) is 0 Å². The van der Waals surface area contributed by atoms with Crippen molar-refractivity contribution in [1.29, 1.82) is 0 Å². The van der Waals surface area contributed by atoms with Crippen molar-refractivity contribution in [3.63, 3.8) is 0 Å². The molecule has 1 atom stereocenters. The molecule has 0 saturated heterocycles. The molecule has 1 N–H and O–H groups in total. The van der Waals surface area contributed by atoms with Crippen molar-refractivity contribution in [3.8, 4) is 0 Å². The molecule has 1 rings (SSSR count). The fourth-order valence-corrected chi connectivity index (χ4v) is 1.98. The molecule has 106 valence electrons. The van der Waals surface area contributed by atoms with Crippen molar-refractivity contribution in [2.45, 2.75) is 72.1 Å². The van der Waals surface area contributed by atoms with Gasteiger partial charge in [-0.25, -0.2) is 4.79 Å². The van der Waals surface area contributed by atoms with E-state index >= 15 is 0 Å². The summed E-state index contributed by atoms with van der Waals surface area (Å²) >= 11 is 0. The van der Waals surface area contributed by atoms with Crippen LogP contribution in [0.4, 0.5) is 4.79 Å². The second kappa shape index (κ2) is 5.08. The number of nitrogens with zero attached hydrogens (tertiary/aromatic N) is 1. The topological polar surface area (TPSA) is 49.8 Å². The van der Waals surface area contributed by atoms with Crippen LogP contribution < -0.4 is 0 Å². The van der Waals surface area contributed by atoms with Gasteiger partial charge in [-0.15, -0.1) is 0 Å². The van der Waals surface area contributed by atoms with Crippen LogP contribution in [0.3, 0.4) is 0 Å². The van der Waals surface area contributed by atoms with Crippen LogP contribution in [0.2, 0.25) is 0 Å². The van der Waals surface area contributed by atoms with E-state index in [9.17, 15) is 9.90 Å². The molecule has 0 aromatic rings. The Morgan fingerprint density at radius 1 is 1.28 bits per heavy atom. The molecule has 0 bridgehead atoms. The molecule has 1 aliphatic carbocycles. The summed E-state index contributed by atoms with van der Waals surface area (Å²) in [6.07, 6.45) is 1.71. The number of carbonyl (C=O) groups is 1. The predicted octanol–water partition coefficient (Wildman–Crippen LogP) is 2.79. The average molecular weight is 257 g/mol. The number of hydrogen-bond donors (Lipinski definition) is 1. The molecule has 0 radical (unpaired) electrons. The van der Waals surface area contributed by atoms with E-state index < -0.39 is 5.60 Å². The first-order chi connectivity index (χ1) is 8.06. The SMILES string of the molecule is CC(C)(C)OC(=O)N(C1CC1)C(CO)C(C)(C)C. The molecule has 0 spiro atoms. The smallest absolute Gasteiger partial charge is 0.410 e. The van der Waals surface area contributed by atoms with Crippen molar-refractivity contribution in [2.24, 2.45) is 5.41 Å². The molecule has 1 amide bonds. The Kier molecular flexibility index (Phi) is 4.31. The molecule has 0 aromatic heterocycles. The molecule has 1 fully saturated rings. The number of carbonyl (C=O) groups excluding carboxylic acids is 1. The Hall–Kier alpha value is -0.770. The zero-order chi connectivity index (χ0) is 14.1. The summed E-state index contributed by atoms with van der Waals surface area (Å²) in [5, 5.41) is 9.61. The van der Waals surface area contributed by atoms with Gasteiger partial charge in [0.05, 0.1) is 12.6 Å². The third-order valence-corrected chi connectivity index (χ3v) is 3.05. The van der Waals surface area contributed by atoms with Crippen molar-refractivity contribution in [1.82, 2.24) is 4.90 Å². The zero-order valence-electron chi connectivity index (χ0n) is 12.5. The largest absolute Gasteiger partial charge is 0.444 e. The van der Waals surface area contributed by atoms with Gasteiger partial charge in [-0.1, -0.05) is 20.8 Å². The molecule has 1 unspecified atom stereocenters. The Labute approximate surface area is 110 Å². The van der Waals surface area contributed by atoms with Crippen LogP contribution in [0, 0.1) is 5.41 Å². The first-order valence-electron chi connectivity index (χ1n) is 6.68. The minimum absolute atomic E-state index is 0.0285. The summed E-state index contributed by atoms with van der Waals surface area (Å²) in [5.74, 6) is 0. The Balaban J connectivity index is 2.85. The van der Waals surface area contributed by atoms with Crippen LogP contribution in [-0.4, -0.2) is 40.4 Å². The van der Waals surface area contributed by atoms with Gasteiger partial charge >= 0.3 is 6.09 Å². The lowest BCUT2D eigenvalue weighted by atomic mass is 9.86. The summed E-state index contributed by atoms with van der Waals surface area (Å²) in [6.45, 7) is 11.7. The fourth-order valence-electron chi connectivity index (χ4n) is 1.98. The minimum Gasteiger partial charge on any atom is -0.444 e. The van der Waals surface area contributed by atoms with Crippen molar-refractivity contribution in [2.75, 3.05) is 6.61 Å². The van der Waals surface area contributed by atoms with Gasteiger partial charge in [-0.05, 0) is 39.0 Å². The van der Waals surface area contributed by atoms with Gasteiger partial charge in [0.1, 0.15) is 5.60 Å². The Morgan fingerprint density at radius 3 is 2.06 bits per heavy atom. The maximum absolute atomic E-state index is 12.3. The monoisotopic (exact) mass is 257 g/mol. The van der Waals surface area contributed by atoms with Crippen molar-refractivity contribution >= 4 is 6.09 Å². The van der Waals surface area contributed by atoms with Gasteiger partial charge < -0.3 is 9.84 Å². The number of hydrogen-bond acceptors (Lipinski definition) is 3. The third-order valence-electron chi connectivity index (χ3n) is 3.05. The van der Waals surface area contributed by atoms with Crippen LogP contribution in [0.15, 0.2) is 0 Å². The quantitative estimate of drug-likeness (QED) is 0.845. The zero-order valence-corrected chi connectivity index (χ0v) is 12.5. The number of amides is 1. The molecule has 0 aliphatic heterocycles. The highest BCUT2D eigenvalue weighted by molar-refractivity contribution is 5.69. The van der Waals surface area contributed by atoms with E-state index in [-0.39, 0.29) is 30.2 Å². The maximum atomic E-state index is 12.3. The maximum Gasteiger partial charge on any atom is 0.410 e. The van der Waals surface area contributed by atoms with Gasteiger partial charge in [-0.3, -0.25) is 4.90 Å². The van der Waals surface area contributed by atoms with E-state index in [0.29, 0.717) is 0 Å². The van der Waals surface area contributed by atoms with Crippen LogP contribution in [-0.2, 0) is 4.74 Å². The molecule has 0 heterocycles. The summed E-state index contributed by atoms with van der Waals surface area (Å²) < 4.78 is 5.46. The highest BCUT2D eigenvalue weighted by atomic mass is 16.6. The van der Waals surface area contributed by atoms with E-state index in [1.807, 2.05) is 41.5 Å². The number of rotatable bonds is 3. The summed E-state index contributed by atoms with van der Waals surface area (Å²) in [4.78, 5) is 14.0. The molecule has 4 nitrogen and oxygen atoms in total. The highest BCUT2D eigenvalue weighted by Crippen LogP contribution is 2.35. The standard InChI is InChI=1S/C14H27NO3/c1-13(2,3)11(9-16)15(10-7-8-10)12(17)18-14(4,5)6/h10-11,16H,7-9H2,1-6H3. The lowest BCUT2D eigenvalue weighted by Crippen LogP contribution is -2.52. The molecule has 0 aromatic carbocycles. The summed E-state index contributed by atoms with van der Waals surface area (Å²) in [5.41, 5.74) is -0.656. The Morgan fingerprint density at radius 2 is 1.78 bits per heavy atom. The van der Waals surface area contributed by atoms with Crippen LogP contribution in [0.1, 0.15) is 54.4 Å². The second-order valence-electron chi connectivity index (χ2n) is 7.18. The molecule has 1 aliphatic rings. The van der Waals surface area contributed by atoms with Crippen LogP contribution in [0.5, 0.6) is 0 Å². The molecule has 18 heavy (non-hydrogen) atoms. The third kappa shape index (κ3) is 4.16. The lowest BCUT2D eigenvalue weighted by molar-refractivity contribution is -0.0126. The molecule has 1 saturated carbocycles. The average Bonchev–Trinajstić information content (AvgIpc) is 2.91.